The zero-order chi connectivity index (χ0) is 10.6. The van der Waals surface area contributed by atoms with Crippen LogP contribution >= 0.6 is 0 Å². The minimum absolute atomic E-state index is 0.152. The Hall–Kier alpha value is -0.410. The lowest BCUT2D eigenvalue weighted by molar-refractivity contribution is -0.123. The number of methoxy groups -OCH3 is 1. The quantitative estimate of drug-likeness (QED) is 0.619. The number of ketones is 1. The Bertz CT molecular complexity index is 188. The second kappa shape index (κ2) is 5.47. The molecular formula is C11H21NO2. The van der Waals surface area contributed by atoms with Crippen LogP contribution in [0.5, 0.6) is 0 Å². The van der Waals surface area contributed by atoms with Crippen molar-refractivity contribution in [3.8, 4) is 0 Å². The fourth-order valence-corrected chi connectivity index (χ4v) is 1.42. The van der Waals surface area contributed by atoms with Gasteiger partial charge in [-0.3, -0.25) is 9.69 Å². The zero-order valence-electron chi connectivity index (χ0n) is 9.45. The van der Waals surface area contributed by atoms with Gasteiger partial charge in [0.15, 0.2) is 0 Å². The van der Waals surface area contributed by atoms with Gasteiger partial charge in [0, 0.05) is 25.6 Å². The Balaban J connectivity index is 2.31. The summed E-state index contributed by atoms with van der Waals surface area (Å²) in [7, 11) is 1.70. The minimum atomic E-state index is 0.152. The van der Waals surface area contributed by atoms with E-state index in [1.165, 1.54) is 12.8 Å². The number of rotatable bonds is 7. The second-order valence-corrected chi connectivity index (χ2v) is 4.32. The molecule has 0 unspecified atom stereocenters. The number of carbonyl (C=O) groups excluding carboxylic acids is 1. The Labute approximate surface area is 86.4 Å². The summed E-state index contributed by atoms with van der Waals surface area (Å²) >= 11 is 0. The van der Waals surface area contributed by atoms with E-state index in [0.29, 0.717) is 18.4 Å². The lowest BCUT2D eigenvalue weighted by Gasteiger charge is -2.21. The molecule has 0 aromatic heterocycles. The van der Waals surface area contributed by atoms with Crippen LogP contribution in [0.1, 0.15) is 26.7 Å². The monoisotopic (exact) mass is 199 g/mol. The third-order valence-corrected chi connectivity index (χ3v) is 2.65. The number of hydrogen-bond donors (Lipinski definition) is 0. The normalized spacial score (nSPS) is 16.6. The SMILES string of the molecule is COCCN(CC(=O)C(C)C)C1CC1. The van der Waals surface area contributed by atoms with E-state index in [2.05, 4.69) is 4.90 Å². The average Bonchev–Trinajstić information content (AvgIpc) is 2.94. The zero-order valence-corrected chi connectivity index (χ0v) is 9.45. The Kier molecular flexibility index (Phi) is 4.55. The molecular weight excluding hydrogens is 178 g/mol. The van der Waals surface area contributed by atoms with Gasteiger partial charge in [-0.25, -0.2) is 0 Å². The first-order chi connectivity index (χ1) is 6.65. The van der Waals surface area contributed by atoms with Crippen molar-refractivity contribution in [3.63, 3.8) is 0 Å². The Morgan fingerprint density at radius 2 is 2.14 bits per heavy atom. The summed E-state index contributed by atoms with van der Waals surface area (Å²) in [6.45, 7) is 6.14. The highest BCUT2D eigenvalue weighted by atomic mass is 16.5. The maximum absolute atomic E-state index is 11.6. The summed E-state index contributed by atoms with van der Waals surface area (Å²) < 4.78 is 5.04. The molecule has 0 saturated heterocycles. The van der Waals surface area contributed by atoms with Gasteiger partial charge in [-0.15, -0.1) is 0 Å². The van der Waals surface area contributed by atoms with Gasteiger partial charge in [-0.2, -0.15) is 0 Å². The number of carbonyl (C=O) groups is 1. The van der Waals surface area contributed by atoms with Crippen LogP contribution in [0.2, 0.25) is 0 Å². The van der Waals surface area contributed by atoms with E-state index in [0.717, 1.165) is 13.2 Å². The first-order valence-electron chi connectivity index (χ1n) is 5.41. The molecule has 0 radical (unpaired) electrons. The number of hydrogen-bond acceptors (Lipinski definition) is 3. The fourth-order valence-electron chi connectivity index (χ4n) is 1.42. The van der Waals surface area contributed by atoms with Crippen molar-refractivity contribution in [1.82, 2.24) is 4.90 Å². The summed E-state index contributed by atoms with van der Waals surface area (Å²) in [6, 6.07) is 0.646. The van der Waals surface area contributed by atoms with Crippen LogP contribution in [0.3, 0.4) is 0 Å². The number of ether oxygens (including phenoxy) is 1. The highest BCUT2D eigenvalue weighted by Crippen LogP contribution is 2.26. The molecule has 0 aromatic rings. The van der Waals surface area contributed by atoms with Crippen molar-refractivity contribution in [3.05, 3.63) is 0 Å². The molecule has 1 rings (SSSR count). The molecule has 1 aliphatic carbocycles. The molecule has 0 aromatic carbocycles. The lowest BCUT2D eigenvalue weighted by atomic mass is 10.1. The summed E-state index contributed by atoms with van der Waals surface area (Å²) in [4.78, 5) is 13.8. The van der Waals surface area contributed by atoms with Crippen molar-refractivity contribution in [2.45, 2.75) is 32.7 Å². The Morgan fingerprint density at radius 3 is 2.57 bits per heavy atom. The van der Waals surface area contributed by atoms with E-state index < -0.39 is 0 Å². The van der Waals surface area contributed by atoms with Crippen LogP contribution in [-0.4, -0.2) is 43.5 Å². The standard InChI is InChI=1S/C11H21NO2/c1-9(2)11(13)8-12(6-7-14-3)10-4-5-10/h9-10H,4-8H2,1-3H3. The van der Waals surface area contributed by atoms with Gasteiger partial charge in [-0.05, 0) is 12.8 Å². The molecule has 0 bridgehead atoms. The number of Topliss-reactive ketones (excluding diaryl/α,β-unsaturated/α-hetero) is 1. The third-order valence-electron chi connectivity index (χ3n) is 2.65. The van der Waals surface area contributed by atoms with E-state index in [-0.39, 0.29) is 5.92 Å². The van der Waals surface area contributed by atoms with Crippen LogP contribution in [0, 0.1) is 5.92 Å². The predicted molar refractivity (Wildman–Crippen MR) is 56.3 cm³/mol. The summed E-state index contributed by atoms with van der Waals surface area (Å²) in [5, 5.41) is 0. The van der Waals surface area contributed by atoms with Gasteiger partial charge >= 0.3 is 0 Å². The van der Waals surface area contributed by atoms with Crippen molar-refractivity contribution in [2.24, 2.45) is 5.92 Å². The Morgan fingerprint density at radius 1 is 1.50 bits per heavy atom. The van der Waals surface area contributed by atoms with Crippen LogP contribution in [-0.2, 0) is 9.53 Å². The summed E-state index contributed by atoms with van der Waals surface area (Å²) in [5.74, 6) is 0.492. The molecule has 0 N–H and O–H groups in total. The maximum Gasteiger partial charge on any atom is 0.149 e. The van der Waals surface area contributed by atoms with Crippen molar-refractivity contribution >= 4 is 5.78 Å². The highest BCUT2D eigenvalue weighted by molar-refractivity contribution is 5.82. The van der Waals surface area contributed by atoms with Gasteiger partial charge in [-0.1, -0.05) is 13.8 Å². The average molecular weight is 199 g/mol. The summed E-state index contributed by atoms with van der Waals surface area (Å²) in [6.07, 6.45) is 2.49. The van der Waals surface area contributed by atoms with Gasteiger partial charge < -0.3 is 4.74 Å². The molecule has 0 amide bonds. The van der Waals surface area contributed by atoms with Gasteiger partial charge in [0.25, 0.3) is 0 Å². The first-order valence-corrected chi connectivity index (χ1v) is 5.41. The van der Waals surface area contributed by atoms with E-state index in [1.807, 2.05) is 13.8 Å². The van der Waals surface area contributed by atoms with E-state index in [9.17, 15) is 4.79 Å². The van der Waals surface area contributed by atoms with Crippen LogP contribution < -0.4 is 0 Å². The molecule has 1 saturated carbocycles. The maximum atomic E-state index is 11.6. The molecule has 1 aliphatic rings. The molecule has 14 heavy (non-hydrogen) atoms. The van der Waals surface area contributed by atoms with Crippen LogP contribution in [0.4, 0.5) is 0 Å². The minimum Gasteiger partial charge on any atom is -0.383 e. The topological polar surface area (TPSA) is 29.5 Å². The van der Waals surface area contributed by atoms with Crippen molar-refractivity contribution in [1.29, 1.82) is 0 Å². The first kappa shape index (κ1) is 11.7. The van der Waals surface area contributed by atoms with Gasteiger partial charge in [0.2, 0.25) is 0 Å². The molecule has 3 nitrogen and oxygen atoms in total. The van der Waals surface area contributed by atoms with Crippen molar-refractivity contribution in [2.75, 3.05) is 26.8 Å². The number of nitrogens with zero attached hydrogens (tertiary/aromatic N) is 1. The molecule has 0 atom stereocenters. The second-order valence-electron chi connectivity index (χ2n) is 4.32. The van der Waals surface area contributed by atoms with Gasteiger partial charge in [0.1, 0.15) is 5.78 Å². The molecule has 82 valence electrons. The molecule has 0 heterocycles. The predicted octanol–water partition coefficient (Wildman–Crippen LogP) is 1.32. The van der Waals surface area contributed by atoms with E-state index in [4.69, 9.17) is 4.74 Å². The third kappa shape index (κ3) is 3.76. The van der Waals surface area contributed by atoms with Gasteiger partial charge in [0.05, 0.1) is 13.2 Å². The van der Waals surface area contributed by atoms with Crippen LogP contribution in [0.15, 0.2) is 0 Å². The fraction of sp³-hybridized carbons (Fsp3) is 0.909. The molecule has 0 aliphatic heterocycles. The molecule has 3 heteroatoms. The van der Waals surface area contributed by atoms with Crippen LogP contribution in [0.25, 0.3) is 0 Å². The smallest absolute Gasteiger partial charge is 0.149 e. The lowest BCUT2D eigenvalue weighted by Crippen LogP contribution is -2.36. The highest BCUT2D eigenvalue weighted by Gasteiger charge is 2.30. The molecule has 0 spiro atoms. The van der Waals surface area contributed by atoms with E-state index in [1.54, 1.807) is 7.11 Å². The molecule has 1 fully saturated rings. The van der Waals surface area contributed by atoms with E-state index >= 15 is 0 Å². The van der Waals surface area contributed by atoms with Crippen molar-refractivity contribution < 1.29 is 9.53 Å². The largest absolute Gasteiger partial charge is 0.383 e. The summed E-state index contributed by atoms with van der Waals surface area (Å²) in [5.41, 5.74) is 0.